The van der Waals surface area contributed by atoms with E-state index in [1.807, 2.05) is 18.2 Å². The van der Waals surface area contributed by atoms with E-state index in [0.717, 1.165) is 34.4 Å². The van der Waals surface area contributed by atoms with E-state index in [-0.39, 0.29) is 83.6 Å². The Balaban J connectivity index is 0.728. The number of hydrogen-bond donors (Lipinski definition) is 9. The molecular weight excluding hydrogens is 1320 g/mol. The van der Waals surface area contributed by atoms with Gasteiger partial charge in [-0.1, -0.05) is 66.7 Å². The Morgan fingerprint density at radius 1 is 0.535 bits per heavy atom. The summed E-state index contributed by atoms with van der Waals surface area (Å²) in [4.78, 5) is 156. The van der Waals surface area contributed by atoms with Crippen molar-refractivity contribution in [1.82, 2.24) is 52.3 Å². The third kappa shape index (κ3) is 28.2. The average Bonchev–Trinajstić information content (AvgIpc) is 1.64. The number of carbonyl (C=O) groups excluding carboxylic acids is 12. The van der Waals surface area contributed by atoms with Crippen LogP contribution in [0.15, 0.2) is 109 Å². The van der Waals surface area contributed by atoms with Crippen LogP contribution < -0.4 is 52.6 Å². The highest BCUT2D eigenvalue weighted by Crippen LogP contribution is 2.28. The number of hydrogen-bond acceptors (Lipinski definition) is 21. The van der Waals surface area contributed by atoms with Gasteiger partial charge < -0.3 is 90.1 Å². The van der Waals surface area contributed by atoms with E-state index in [2.05, 4.69) is 47.9 Å². The number of piperidine rings is 1. The van der Waals surface area contributed by atoms with Gasteiger partial charge in [0.05, 0.1) is 119 Å². The van der Waals surface area contributed by atoms with Gasteiger partial charge in [0, 0.05) is 76.0 Å². The number of methoxy groups -OCH3 is 1. The molecule has 0 aromatic heterocycles. The lowest BCUT2D eigenvalue weighted by molar-refractivity contribution is -0.146. The standard InChI is InChI=1S/C69H87N11O21/c1-93-23-24-95-27-28-97-31-32-99-35-36-100-34-33-98-30-29-96-26-25-94-22-21-58(81)71-41-57(80-63(86)19-20-64(80)87)66(89)74-43-61(84)72-44-62(85)77-55(38-47-5-3-2-4-6-47)65(88)73-42-60(83)70-39-48-7-9-49(10-8-48)46-101-53-14-12-52(13-15-53)76-69(92)75-40-50-11-16-54-51(37-50)45-79(68(54)91)56-17-18-59(82)78-67(56)90/h2-16,19-20,37,55-57H,17-18,21-36,38-46H2,1H3,(H,70,83)(H,71,81)(H,72,84)(H,73,88)(H,74,89)(H,77,85)(H2,75,76,92)(H,78,82,90)/t55-,56?,57-/m0/s1. The molecule has 1 saturated heterocycles. The molecular formula is C69H87N11O21. The first-order valence-electron chi connectivity index (χ1n) is 32.9. The summed E-state index contributed by atoms with van der Waals surface area (Å²) in [5, 5.41) is 22.9. The van der Waals surface area contributed by atoms with Crippen molar-refractivity contribution in [1.29, 1.82) is 0 Å². The third-order valence-electron chi connectivity index (χ3n) is 15.4. The number of nitrogens with zero attached hydrogens (tertiary/aromatic N) is 2. The smallest absolute Gasteiger partial charge is 0.319 e. The van der Waals surface area contributed by atoms with Crippen LogP contribution in [-0.2, 0) is 119 Å². The lowest BCUT2D eigenvalue weighted by atomic mass is 10.0. The molecule has 0 spiro atoms. The Labute approximate surface area is 583 Å². The van der Waals surface area contributed by atoms with Gasteiger partial charge in [-0.3, -0.25) is 63.0 Å². The van der Waals surface area contributed by atoms with E-state index in [1.54, 1.807) is 86.0 Å². The number of anilines is 1. The monoisotopic (exact) mass is 1410 g/mol. The number of imide groups is 2. The molecule has 0 bridgehead atoms. The number of carbonyl (C=O) groups is 12. The lowest BCUT2D eigenvalue weighted by Crippen LogP contribution is -2.56. The summed E-state index contributed by atoms with van der Waals surface area (Å²) in [5.74, 6) is -6.56. The van der Waals surface area contributed by atoms with Crippen LogP contribution in [0.3, 0.4) is 0 Å². The van der Waals surface area contributed by atoms with Gasteiger partial charge in [-0.2, -0.15) is 0 Å². The fraction of sp³-hybridized carbons (Fsp3) is 0.449. The second-order valence-electron chi connectivity index (χ2n) is 22.9. The number of fused-ring (bicyclic) bond motifs is 1. The van der Waals surface area contributed by atoms with Crippen molar-refractivity contribution >= 4 is 76.7 Å². The zero-order valence-corrected chi connectivity index (χ0v) is 56.2. The molecule has 1 unspecified atom stereocenters. The van der Waals surface area contributed by atoms with Crippen LogP contribution in [0.1, 0.15) is 57.4 Å². The van der Waals surface area contributed by atoms with Crippen molar-refractivity contribution in [2.75, 3.05) is 138 Å². The van der Waals surface area contributed by atoms with Gasteiger partial charge in [0.1, 0.15) is 30.5 Å². The summed E-state index contributed by atoms with van der Waals surface area (Å²) in [6.45, 7) is 4.06. The molecule has 4 aromatic rings. The summed E-state index contributed by atoms with van der Waals surface area (Å²) < 4.78 is 48.9. The van der Waals surface area contributed by atoms with E-state index in [1.165, 1.54) is 4.90 Å². The van der Waals surface area contributed by atoms with Gasteiger partial charge in [-0.25, -0.2) is 4.79 Å². The third-order valence-corrected chi connectivity index (χ3v) is 15.4. The Morgan fingerprint density at radius 2 is 1.08 bits per heavy atom. The van der Waals surface area contributed by atoms with Crippen LogP contribution in [0, 0.1) is 0 Å². The van der Waals surface area contributed by atoms with Crippen LogP contribution in [0.2, 0.25) is 0 Å². The molecule has 13 amide bonds. The molecule has 9 N–H and O–H groups in total. The SMILES string of the molecule is COCCOCCOCCOCCOCCOCCOCCOCCC(=O)NC[C@@H](C(=O)NCC(=O)NCC(=O)N[C@@H](Cc1ccccc1)C(=O)NCC(=O)NCc1ccc(COc2ccc(NC(=O)NCc3ccc4c(c3)CN(C3CCC(=O)NC3=O)C4=O)cc2)cc1)N1C(=O)C=CC1=O. The van der Waals surface area contributed by atoms with Gasteiger partial charge in [0.2, 0.25) is 47.3 Å². The maximum Gasteiger partial charge on any atom is 0.319 e. The minimum absolute atomic E-state index is 0.00740. The largest absolute Gasteiger partial charge is 0.489 e. The number of nitrogens with one attached hydrogen (secondary N) is 9. The minimum Gasteiger partial charge on any atom is -0.489 e. The van der Waals surface area contributed by atoms with Crippen molar-refractivity contribution in [3.05, 3.63) is 143 Å². The first-order chi connectivity index (χ1) is 49.0. The molecule has 3 heterocycles. The average molecular weight is 1410 g/mol. The molecule has 3 aliphatic rings. The predicted octanol–water partition coefficient (Wildman–Crippen LogP) is -0.397. The van der Waals surface area contributed by atoms with E-state index < -0.39 is 104 Å². The second kappa shape index (κ2) is 43.5. The number of urea groups is 1. The molecule has 1 fully saturated rings. The second-order valence-corrected chi connectivity index (χ2v) is 22.9. The summed E-state index contributed by atoms with van der Waals surface area (Å²) in [6.07, 6.45) is 2.23. The normalized spacial score (nSPS) is 14.5. The first-order valence-corrected chi connectivity index (χ1v) is 32.9. The summed E-state index contributed by atoms with van der Waals surface area (Å²) in [7, 11) is 1.61. The maximum atomic E-state index is 13.5. The molecule has 7 rings (SSSR count). The molecule has 32 nitrogen and oxygen atoms in total. The molecule has 101 heavy (non-hydrogen) atoms. The van der Waals surface area contributed by atoms with Gasteiger partial charge in [-0.15, -0.1) is 0 Å². The van der Waals surface area contributed by atoms with Crippen LogP contribution in [0.5, 0.6) is 5.75 Å². The predicted molar refractivity (Wildman–Crippen MR) is 359 cm³/mol. The molecule has 3 aliphatic heterocycles. The quantitative estimate of drug-likeness (QED) is 0.0201. The van der Waals surface area contributed by atoms with E-state index in [9.17, 15) is 57.5 Å². The first kappa shape index (κ1) is 78.3. The topological polar surface area (TPSA) is 403 Å². The summed E-state index contributed by atoms with van der Waals surface area (Å²) in [5.41, 5.74) is 4.73. The minimum atomic E-state index is -1.55. The molecule has 0 saturated carbocycles. The summed E-state index contributed by atoms with van der Waals surface area (Å²) >= 11 is 0. The highest BCUT2D eigenvalue weighted by Gasteiger charge is 2.40. The number of ether oxygens (including phenoxy) is 9. The Morgan fingerprint density at radius 3 is 1.68 bits per heavy atom. The fourth-order valence-electron chi connectivity index (χ4n) is 10.1. The Hall–Kier alpha value is -10.1. The Kier molecular flexibility index (Phi) is 33.7. The molecule has 32 heteroatoms. The Bertz CT molecular complexity index is 3440. The van der Waals surface area contributed by atoms with Gasteiger partial charge in [-0.05, 0) is 64.6 Å². The molecule has 544 valence electrons. The highest BCUT2D eigenvalue weighted by molar-refractivity contribution is 6.15. The van der Waals surface area contributed by atoms with Crippen LogP contribution in [0.25, 0.3) is 0 Å². The van der Waals surface area contributed by atoms with Crippen LogP contribution >= 0.6 is 0 Å². The zero-order valence-electron chi connectivity index (χ0n) is 56.2. The fourth-order valence-corrected chi connectivity index (χ4v) is 10.1. The lowest BCUT2D eigenvalue weighted by Gasteiger charge is -2.29. The van der Waals surface area contributed by atoms with Gasteiger partial charge >= 0.3 is 6.03 Å². The van der Waals surface area contributed by atoms with Crippen molar-refractivity contribution < 1.29 is 100 Å². The van der Waals surface area contributed by atoms with Crippen molar-refractivity contribution in [2.45, 2.75) is 70.0 Å². The van der Waals surface area contributed by atoms with Crippen LogP contribution in [0.4, 0.5) is 10.5 Å². The molecule has 4 aromatic carbocycles. The molecule has 0 radical (unpaired) electrons. The number of benzene rings is 4. The highest BCUT2D eigenvalue weighted by atomic mass is 16.6. The van der Waals surface area contributed by atoms with Crippen molar-refractivity contribution in [2.24, 2.45) is 0 Å². The van der Waals surface area contributed by atoms with E-state index in [4.69, 9.17) is 42.6 Å². The summed E-state index contributed by atoms with van der Waals surface area (Å²) in [6, 6.07) is 24.1. The van der Waals surface area contributed by atoms with Crippen molar-refractivity contribution in [3.63, 3.8) is 0 Å². The van der Waals surface area contributed by atoms with Crippen molar-refractivity contribution in [3.8, 4) is 5.75 Å². The maximum absolute atomic E-state index is 13.5. The zero-order chi connectivity index (χ0) is 72.0. The van der Waals surface area contributed by atoms with Gasteiger partial charge in [0.25, 0.3) is 17.7 Å². The van der Waals surface area contributed by atoms with Crippen LogP contribution in [-0.4, -0.2) is 231 Å². The van der Waals surface area contributed by atoms with E-state index >= 15 is 0 Å². The van der Waals surface area contributed by atoms with Gasteiger partial charge in [0.15, 0.2) is 0 Å². The number of rotatable bonds is 47. The number of amides is 13. The molecule has 3 atom stereocenters. The molecule has 0 aliphatic carbocycles. The van der Waals surface area contributed by atoms with E-state index in [0.29, 0.717) is 107 Å².